The predicted molar refractivity (Wildman–Crippen MR) is 83.8 cm³/mol. The van der Waals surface area contributed by atoms with E-state index in [-0.39, 0.29) is 0 Å². The summed E-state index contributed by atoms with van der Waals surface area (Å²) in [6.45, 7) is 8.36. The van der Waals surface area contributed by atoms with E-state index in [0.717, 1.165) is 0 Å². The van der Waals surface area contributed by atoms with Crippen LogP contribution in [0.25, 0.3) is 11.1 Å². The Balaban J connectivity index is 0.000000415. The van der Waals surface area contributed by atoms with Crippen molar-refractivity contribution in [3.63, 3.8) is 0 Å². The summed E-state index contributed by atoms with van der Waals surface area (Å²) in [5, 5.41) is 0. The molecule has 0 saturated carbocycles. The number of benzene rings is 2. The molecule has 2 aromatic carbocycles. The van der Waals surface area contributed by atoms with E-state index in [1.54, 1.807) is 0 Å². The van der Waals surface area contributed by atoms with Crippen LogP contribution in [0.4, 0.5) is 0 Å². The quantitative estimate of drug-likeness (QED) is 0.589. The molecule has 0 N–H and O–H groups in total. The van der Waals surface area contributed by atoms with Gasteiger partial charge in [-0.25, -0.2) is 0 Å². The highest BCUT2D eigenvalue weighted by atomic mass is 14.0. The minimum atomic E-state index is 1.28. The highest BCUT2D eigenvalue weighted by molar-refractivity contribution is 5.62. The smallest absolute Gasteiger partial charge is 0.0184 e. The summed E-state index contributed by atoms with van der Waals surface area (Å²) >= 11 is 0. The Bertz CT molecular complexity index is 322. The van der Waals surface area contributed by atoms with Gasteiger partial charge in [0.05, 0.1) is 0 Å². The van der Waals surface area contributed by atoms with Crippen LogP contribution >= 0.6 is 0 Å². The number of hydrogen-bond acceptors (Lipinski definition) is 0. The summed E-state index contributed by atoms with van der Waals surface area (Å²) in [5.41, 5.74) is 2.55. The van der Waals surface area contributed by atoms with Crippen LogP contribution in [0.3, 0.4) is 0 Å². The van der Waals surface area contributed by atoms with Crippen LogP contribution in [0.5, 0.6) is 0 Å². The van der Waals surface area contributed by atoms with Gasteiger partial charge in [0.15, 0.2) is 0 Å². The van der Waals surface area contributed by atoms with E-state index in [9.17, 15) is 0 Å². The first-order chi connectivity index (χ1) is 8.88. The Morgan fingerprint density at radius 2 is 0.833 bits per heavy atom. The third kappa shape index (κ3) is 6.90. The summed E-state index contributed by atoms with van der Waals surface area (Å²) in [7, 11) is 0. The second kappa shape index (κ2) is 11.9. The average Bonchev–Trinajstić information content (AvgIpc) is 2.51. The van der Waals surface area contributed by atoms with Crippen LogP contribution in [0.1, 0.15) is 40.5 Å². The number of unbranched alkanes of at least 4 members (excludes halogenated alkanes) is 1. The van der Waals surface area contributed by atoms with E-state index in [0.29, 0.717) is 0 Å². The zero-order valence-corrected chi connectivity index (χ0v) is 12.2. The number of hydrogen-bond donors (Lipinski definition) is 0. The molecule has 0 atom stereocenters. The van der Waals surface area contributed by atoms with Crippen LogP contribution in [0, 0.1) is 0 Å². The molecule has 0 radical (unpaired) electrons. The van der Waals surface area contributed by atoms with Gasteiger partial charge in [0, 0.05) is 0 Å². The molecule has 98 valence electrons. The third-order valence-corrected chi connectivity index (χ3v) is 2.38. The first-order valence-corrected chi connectivity index (χ1v) is 6.99. The van der Waals surface area contributed by atoms with E-state index in [1.165, 1.54) is 24.0 Å². The van der Waals surface area contributed by atoms with E-state index in [4.69, 9.17) is 0 Å². The molecule has 0 fully saturated rings. The van der Waals surface area contributed by atoms with Gasteiger partial charge in [0.25, 0.3) is 0 Å². The molecular formula is C18H26. The van der Waals surface area contributed by atoms with Crippen LogP contribution in [-0.4, -0.2) is 0 Å². The summed E-state index contributed by atoms with van der Waals surface area (Å²) in [6.07, 6.45) is 2.64. The standard InChI is InChI=1S/C12H10.C4H10.C2H6/c1-3-7-11(8-4-1)12-9-5-2-6-10-12;1-3-4-2;1-2/h1-10H;3-4H2,1-2H3;1-2H3. The monoisotopic (exact) mass is 242 g/mol. The molecule has 0 aliphatic rings. The zero-order valence-electron chi connectivity index (χ0n) is 12.2. The van der Waals surface area contributed by atoms with Crippen LogP contribution in [0.15, 0.2) is 60.7 Å². The maximum atomic E-state index is 2.18. The van der Waals surface area contributed by atoms with Crippen molar-refractivity contribution in [2.24, 2.45) is 0 Å². The van der Waals surface area contributed by atoms with Gasteiger partial charge in [-0.1, -0.05) is 101 Å². The molecule has 0 aromatic heterocycles. The number of rotatable bonds is 2. The van der Waals surface area contributed by atoms with Crippen molar-refractivity contribution in [1.29, 1.82) is 0 Å². The molecular weight excluding hydrogens is 216 g/mol. The first-order valence-electron chi connectivity index (χ1n) is 6.99. The van der Waals surface area contributed by atoms with E-state index in [1.807, 2.05) is 26.0 Å². The Hall–Kier alpha value is -1.56. The minimum absolute atomic E-state index is 1.28. The van der Waals surface area contributed by atoms with E-state index in [2.05, 4.69) is 62.4 Å². The first kappa shape index (κ1) is 16.4. The molecule has 0 amide bonds. The Kier molecular flexibility index (Phi) is 10.9. The SMILES string of the molecule is CC.CCCC.c1ccc(-c2ccccc2)cc1. The van der Waals surface area contributed by atoms with Gasteiger partial charge < -0.3 is 0 Å². The molecule has 0 spiro atoms. The highest BCUT2D eigenvalue weighted by Crippen LogP contribution is 2.17. The summed E-state index contributed by atoms with van der Waals surface area (Å²) in [5.74, 6) is 0. The van der Waals surface area contributed by atoms with Crippen LogP contribution < -0.4 is 0 Å². The fourth-order valence-corrected chi connectivity index (χ4v) is 1.26. The van der Waals surface area contributed by atoms with Gasteiger partial charge in [-0.3, -0.25) is 0 Å². The maximum absolute atomic E-state index is 2.18. The van der Waals surface area contributed by atoms with Crippen molar-refractivity contribution in [2.45, 2.75) is 40.5 Å². The van der Waals surface area contributed by atoms with Gasteiger partial charge in [0.2, 0.25) is 0 Å². The molecule has 2 rings (SSSR count). The van der Waals surface area contributed by atoms with E-state index >= 15 is 0 Å². The molecule has 2 aromatic rings. The molecule has 0 nitrogen and oxygen atoms in total. The Labute approximate surface area is 113 Å². The van der Waals surface area contributed by atoms with E-state index < -0.39 is 0 Å². The van der Waals surface area contributed by atoms with Crippen molar-refractivity contribution in [3.05, 3.63) is 60.7 Å². The summed E-state index contributed by atoms with van der Waals surface area (Å²) in [4.78, 5) is 0. The maximum Gasteiger partial charge on any atom is -0.0184 e. The minimum Gasteiger partial charge on any atom is -0.0683 e. The lowest BCUT2D eigenvalue weighted by atomic mass is 10.1. The Morgan fingerprint density at radius 1 is 0.556 bits per heavy atom. The second-order valence-corrected chi connectivity index (χ2v) is 3.73. The molecule has 0 aliphatic carbocycles. The van der Waals surface area contributed by atoms with Gasteiger partial charge in [-0.05, 0) is 11.1 Å². The molecule has 0 aliphatic heterocycles. The lowest BCUT2D eigenvalue weighted by Crippen LogP contribution is -1.73. The normalized spacial score (nSPS) is 8.44. The van der Waals surface area contributed by atoms with Crippen molar-refractivity contribution in [2.75, 3.05) is 0 Å². The fourth-order valence-electron chi connectivity index (χ4n) is 1.26. The zero-order chi connectivity index (χ0) is 13.6. The van der Waals surface area contributed by atoms with Crippen molar-refractivity contribution in [1.82, 2.24) is 0 Å². The average molecular weight is 242 g/mol. The molecule has 0 bridgehead atoms. The molecule has 0 unspecified atom stereocenters. The van der Waals surface area contributed by atoms with Crippen molar-refractivity contribution < 1.29 is 0 Å². The highest BCUT2D eigenvalue weighted by Gasteiger charge is 1.91. The molecule has 0 saturated heterocycles. The molecule has 0 heteroatoms. The van der Waals surface area contributed by atoms with Gasteiger partial charge in [-0.15, -0.1) is 0 Å². The second-order valence-electron chi connectivity index (χ2n) is 3.73. The van der Waals surface area contributed by atoms with Crippen molar-refractivity contribution in [3.8, 4) is 11.1 Å². The topological polar surface area (TPSA) is 0 Å². The van der Waals surface area contributed by atoms with Crippen LogP contribution in [-0.2, 0) is 0 Å². The largest absolute Gasteiger partial charge is 0.0683 e. The van der Waals surface area contributed by atoms with Gasteiger partial charge in [0.1, 0.15) is 0 Å². The fraction of sp³-hybridized carbons (Fsp3) is 0.333. The third-order valence-electron chi connectivity index (χ3n) is 2.38. The van der Waals surface area contributed by atoms with Crippen molar-refractivity contribution >= 4 is 0 Å². The summed E-state index contributed by atoms with van der Waals surface area (Å²) < 4.78 is 0. The predicted octanol–water partition coefficient (Wildman–Crippen LogP) is 6.19. The summed E-state index contributed by atoms with van der Waals surface area (Å²) in [6, 6.07) is 20.8. The molecule has 0 heterocycles. The molecule has 18 heavy (non-hydrogen) atoms. The Morgan fingerprint density at radius 3 is 1.06 bits per heavy atom. The van der Waals surface area contributed by atoms with Gasteiger partial charge >= 0.3 is 0 Å². The van der Waals surface area contributed by atoms with Gasteiger partial charge in [-0.2, -0.15) is 0 Å². The van der Waals surface area contributed by atoms with Crippen LogP contribution in [0.2, 0.25) is 0 Å². The lowest BCUT2D eigenvalue weighted by molar-refractivity contribution is 0.886. The lowest BCUT2D eigenvalue weighted by Gasteiger charge is -1.98.